The lowest BCUT2D eigenvalue weighted by Gasteiger charge is -1.98. The molecular weight excluding hydrogens is 350 g/mol. The van der Waals surface area contributed by atoms with Gasteiger partial charge in [-0.2, -0.15) is 0 Å². The molecule has 3 nitrogen and oxygen atoms in total. The first kappa shape index (κ1) is 12.8. The Labute approximate surface area is 116 Å². The standard InChI is InChI=1S/C12H11Br2NO2/c13-10-4-3-8(6-11(10)14)12-7-9(17-15-12)2-1-5-16/h3-4,6-7,16H,1-2,5H2. The summed E-state index contributed by atoms with van der Waals surface area (Å²) in [6, 6.07) is 7.83. The number of aryl methyl sites for hydroxylation is 1. The molecule has 2 rings (SSSR count). The van der Waals surface area contributed by atoms with E-state index in [1.807, 2.05) is 24.3 Å². The van der Waals surface area contributed by atoms with Crippen molar-refractivity contribution in [2.24, 2.45) is 0 Å². The molecular formula is C12H11Br2NO2. The van der Waals surface area contributed by atoms with Crippen LogP contribution in [0.4, 0.5) is 0 Å². The molecule has 0 radical (unpaired) electrons. The van der Waals surface area contributed by atoms with Gasteiger partial charge in [-0.1, -0.05) is 11.2 Å². The maximum atomic E-state index is 8.74. The van der Waals surface area contributed by atoms with Gasteiger partial charge in [0.05, 0.1) is 0 Å². The third-order valence-corrected chi connectivity index (χ3v) is 4.24. The first-order valence-electron chi connectivity index (χ1n) is 5.22. The summed E-state index contributed by atoms with van der Waals surface area (Å²) in [5.41, 5.74) is 1.81. The Kier molecular flexibility index (Phi) is 4.36. The van der Waals surface area contributed by atoms with Gasteiger partial charge in [-0.15, -0.1) is 0 Å². The molecule has 0 saturated heterocycles. The van der Waals surface area contributed by atoms with Crippen molar-refractivity contribution in [3.05, 3.63) is 39.0 Å². The van der Waals surface area contributed by atoms with Gasteiger partial charge in [-0.05, 0) is 50.4 Å². The van der Waals surface area contributed by atoms with Crippen molar-refractivity contribution in [3.63, 3.8) is 0 Å². The van der Waals surface area contributed by atoms with Crippen LogP contribution in [-0.4, -0.2) is 16.9 Å². The minimum absolute atomic E-state index is 0.167. The van der Waals surface area contributed by atoms with Gasteiger partial charge in [-0.25, -0.2) is 0 Å². The largest absolute Gasteiger partial charge is 0.396 e. The number of hydrogen-bond donors (Lipinski definition) is 1. The monoisotopic (exact) mass is 359 g/mol. The number of rotatable bonds is 4. The fourth-order valence-corrected chi connectivity index (χ4v) is 2.10. The van der Waals surface area contributed by atoms with Gasteiger partial charge >= 0.3 is 0 Å². The molecule has 0 aliphatic carbocycles. The summed E-state index contributed by atoms with van der Waals surface area (Å²) in [5, 5.41) is 12.8. The van der Waals surface area contributed by atoms with Crippen molar-refractivity contribution in [3.8, 4) is 11.3 Å². The molecule has 0 bridgehead atoms. The minimum atomic E-state index is 0.167. The van der Waals surface area contributed by atoms with Crippen LogP contribution < -0.4 is 0 Å². The zero-order valence-corrected chi connectivity index (χ0v) is 12.2. The van der Waals surface area contributed by atoms with Gasteiger partial charge in [-0.3, -0.25) is 0 Å². The van der Waals surface area contributed by atoms with Crippen molar-refractivity contribution in [2.45, 2.75) is 12.8 Å². The Morgan fingerprint density at radius 3 is 2.71 bits per heavy atom. The molecule has 1 heterocycles. The number of aliphatic hydroxyl groups excluding tert-OH is 1. The average molecular weight is 361 g/mol. The zero-order valence-electron chi connectivity index (χ0n) is 8.99. The highest BCUT2D eigenvalue weighted by atomic mass is 79.9. The second-order valence-electron chi connectivity index (χ2n) is 3.63. The molecule has 0 aliphatic heterocycles. The number of hydrogen-bond acceptors (Lipinski definition) is 3. The predicted octanol–water partition coefficient (Wildman–Crippen LogP) is 3.79. The number of aliphatic hydroxyl groups is 1. The molecule has 17 heavy (non-hydrogen) atoms. The molecule has 0 spiro atoms. The van der Waals surface area contributed by atoms with Crippen LogP contribution in [0, 0.1) is 0 Å². The van der Waals surface area contributed by atoms with Crippen molar-refractivity contribution in [1.29, 1.82) is 0 Å². The van der Waals surface area contributed by atoms with Gasteiger partial charge in [0.25, 0.3) is 0 Å². The quantitative estimate of drug-likeness (QED) is 0.902. The Morgan fingerprint density at radius 2 is 2.00 bits per heavy atom. The fourth-order valence-electron chi connectivity index (χ4n) is 1.48. The minimum Gasteiger partial charge on any atom is -0.396 e. The number of benzene rings is 1. The zero-order chi connectivity index (χ0) is 12.3. The highest BCUT2D eigenvalue weighted by molar-refractivity contribution is 9.13. The van der Waals surface area contributed by atoms with E-state index in [1.165, 1.54) is 0 Å². The van der Waals surface area contributed by atoms with Crippen LogP contribution in [0.1, 0.15) is 12.2 Å². The van der Waals surface area contributed by atoms with Crippen molar-refractivity contribution in [1.82, 2.24) is 5.16 Å². The lowest BCUT2D eigenvalue weighted by molar-refractivity contribution is 0.280. The van der Waals surface area contributed by atoms with Crippen LogP contribution in [0.15, 0.2) is 37.7 Å². The fraction of sp³-hybridized carbons (Fsp3) is 0.250. The van der Waals surface area contributed by atoms with E-state index in [0.29, 0.717) is 12.8 Å². The van der Waals surface area contributed by atoms with Gasteiger partial charge in [0.2, 0.25) is 0 Å². The van der Waals surface area contributed by atoms with Gasteiger partial charge in [0.15, 0.2) is 0 Å². The van der Waals surface area contributed by atoms with Gasteiger partial charge < -0.3 is 9.63 Å². The molecule has 1 aromatic heterocycles. The topological polar surface area (TPSA) is 46.3 Å². The molecule has 2 aromatic rings. The van der Waals surface area contributed by atoms with Crippen LogP contribution in [0.5, 0.6) is 0 Å². The molecule has 5 heteroatoms. The second-order valence-corrected chi connectivity index (χ2v) is 5.34. The number of aromatic nitrogens is 1. The molecule has 0 fully saturated rings. The Morgan fingerprint density at radius 1 is 1.18 bits per heavy atom. The van der Waals surface area contributed by atoms with E-state index in [0.717, 1.165) is 26.0 Å². The summed E-state index contributed by atoms with van der Waals surface area (Å²) in [6.45, 7) is 0.167. The molecule has 0 aliphatic rings. The lowest BCUT2D eigenvalue weighted by Crippen LogP contribution is -1.86. The highest BCUT2D eigenvalue weighted by Crippen LogP contribution is 2.29. The maximum Gasteiger partial charge on any atom is 0.137 e. The first-order chi connectivity index (χ1) is 8.20. The van der Waals surface area contributed by atoms with Crippen molar-refractivity contribution in [2.75, 3.05) is 6.61 Å². The SMILES string of the molecule is OCCCc1cc(-c2ccc(Br)c(Br)c2)no1. The third kappa shape index (κ3) is 3.18. The summed E-state index contributed by atoms with van der Waals surface area (Å²) in [4.78, 5) is 0. The molecule has 0 unspecified atom stereocenters. The summed E-state index contributed by atoms with van der Waals surface area (Å²) >= 11 is 6.88. The van der Waals surface area contributed by atoms with Crippen LogP contribution in [0.3, 0.4) is 0 Å². The van der Waals surface area contributed by atoms with Crippen molar-refractivity contribution >= 4 is 31.9 Å². The van der Waals surface area contributed by atoms with E-state index in [4.69, 9.17) is 9.63 Å². The second kappa shape index (κ2) is 5.80. The van der Waals surface area contributed by atoms with Gasteiger partial charge in [0.1, 0.15) is 11.5 Å². The van der Waals surface area contributed by atoms with Crippen LogP contribution in [-0.2, 0) is 6.42 Å². The van der Waals surface area contributed by atoms with E-state index in [2.05, 4.69) is 37.0 Å². The van der Waals surface area contributed by atoms with E-state index in [9.17, 15) is 0 Å². The van der Waals surface area contributed by atoms with Crippen LogP contribution >= 0.6 is 31.9 Å². The molecule has 0 atom stereocenters. The molecule has 90 valence electrons. The summed E-state index contributed by atoms with van der Waals surface area (Å²) in [6.07, 6.45) is 1.40. The van der Waals surface area contributed by atoms with Crippen LogP contribution in [0.2, 0.25) is 0 Å². The third-order valence-electron chi connectivity index (χ3n) is 2.36. The smallest absolute Gasteiger partial charge is 0.137 e. The van der Waals surface area contributed by atoms with E-state index >= 15 is 0 Å². The Bertz CT molecular complexity index is 511. The molecule has 0 saturated carbocycles. The summed E-state index contributed by atoms with van der Waals surface area (Å²) < 4.78 is 7.19. The van der Waals surface area contributed by atoms with Crippen molar-refractivity contribution < 1.29 is 9.63 Å². The summed E-state index contributed by atoms with van der Waals surface area (Å²) in [7, 11) is 0. The summed E-state index contributed by atoms with van der Waals surface area (Å²) in [5.74, 6) is 0.799. The average Bonchev–Trinajstić information content (AvgIpc) is 2.79. The normalized spacial score (nSPS) is 10.8. The number of nitrogens with zero attached hydrogens (tertiary/aromatic N) is 1. The van der Waals surface area contributed by atoms with Crippen LogP contribution in [0.25, 0.3) is 11.3 Å². The van der Waals surface area contributed by atoms with E-state index in [1.54, 1.807) is 0 Å². The molecule has 1 aromatic carbocycles. The number of halogens is 2. The Hall–Kier alpha value is -0.650. The van der Waals surface area contributed by atoms with E-state index in [-0.39, 0.29) is 6.61 Å². The molecule has 0 amide bonds. The maximum absolute atomic E-state index is 8.74. The predicted molar refractivity (Wildman–Crippen MR) is 72.7 cm³/mol. The van der Waals surface area contributed by atoms with Gasteiger partial charge in [0, 0.05) is 33.6 Å². The lowest BCUT2D eigenvalue weighted by atomic mass is 10.1. The van der Waals surface area contributed by atoms with E-state index < -0.39 is 0 Å². The molecule has 1 N–H and O–H groups in total. The highest BCUT2D eigenvalue weighted by Gasteiger charge is 2.07. The Balaban J connectivity index is 2.21. The first-order valence-corrected chi connectivity index (χ1v) is 6.81.